The van der Waals surface area contributed by atoms with Crippen LogP contribution in [0.2, 0.25) is 0 Å². The summed E-state index contributed by atoms with van der Waals surface area (Å²) in [6.07, 6.45) is 1.86. The molecule has 1 aliphatic rings. The van der Waals surface area contributed by atoms with E-state index in [1.165, 1.54) is 23.3 Å². The normalized spacial score (nSPS) is 16.8. The van der Waals surface area contributed by atoms with Crippen LogP contribution >= 0.6 is 0 Å². The molecule has 0 saturated carbocycles. The van der Waals surface area contributed by atoms with Crippen molar-refractivity contribution in [3.05, 3.63) is 65.2 Å². The van der Waals surface area contributed by atoms with Crippen LogP contribution in [0.25, 0.3) is 0 Å². The number of hydrogen-bond donors (Lipinski definition) is 1. The zero-order chi connectivity index (χ0) is 16.4. The van der Waals surface area contributed by atoms with Gasteiger partial charge in [-0.2, -0.15) is 0 Å². The Balaban J connectivity index is 1.75. The Morgan fingerprint density at radius 3 is 2.52 bits per heavy atom. The maximum atomic E-state index is 12.4. The second-order valence-corrected chi connectivity index (χ2v) is 7.97. The van der Waals surface area contributed by atoms with Gasteiger partial charge in [-0.15, -0.1) is 0 Å². The van der Waals surface area contributed by atoms with E-state index in [2.05, 4.69) is 11.4 Å². The predicted octanol–water partition coefficient (Wildman–Crippen LogP) is 2.90. The van der Waals surface area contributed by atoms with Crippen LogP contribution in [-0.4, -0.2) is 20.1 Å². The Bertz CT molecular complexity index is 826. The average molecular weight is 329 g/mol. The molecule has 0 aliphatic heterocycles. The second kappa shape index (κ2) is 6.16. The summed E-state index contributed by atoms with van der Waals surface area (Å²) in [7, 11) is -3.23. The molecule has 0 spiro atoms. The minimum atomic E-state index is -3.23. The lowest BCUT2D eigenvalue weighted by molar-refractivity contribution is 0.0936. The van der Waals surface area contributed by atoms with Gasteiger partial charge in [0.1, 0.15) is 0 Å². The van der Waals surface area contributed by atoms with Crippen LogP contribution in [0, 0.1) is 0 Å². The second-order valence-electron chi connectivity index (χ2n) is 5.69. The van der Waals surface area contributed by atoms with Crippen molar-refractivity contribution in [3.8, 4) is 0 Å². The molecule has 23 heavy (non-hydrogen) atoms. The summed E-state index contributed by atoms with van der Waals surface area (Å²) in [5.41, 5.74) is 2.93. The third kappa shape index (κ3) is 3.15. The highest BCUT2D eigenvalue weighted by Gasteiger charge is 2.23. The fraction of sp³-hybridized carbons (Fsp3) is 0.278. The number of hydrogen-bond acceptors (Lipinski definition) is 3. The molecule has 1 N–H and O–H groups in total. The smallest absolute Gasteiger partial charge is 0.251 e. The molecule has 1 aliphatic carbocycles. The standard InChI is InChI=1S/C18H19NO3S/c1-2-23(21,22)15-10-7-14(8-11-15)18(20)19-17-12-9-13-5-3-4-6-16(13)17/h3-8,10-11,17H,2,9,12H2,1H3,(H,19,20)/t17-/m0/s1. The van der Waals surface area contributed by atoms with Gasteiger partial charge >= 0.3 is 0 Å². The van der Waals surface area contributed by atoms with Crippen LogP contribution in [0.5, 0.6) is 0 Å². The van der Waals surface area contributed by atoms with Crippen LogP contribution in [0.4, 0.5) is 0 Å². The molecule has 0 saturated heterocycles. The monoisotopic (exact) mass is 329 g/mol. The third-order valence-corrected chi connectivity index (χ3v) is 6.04. The molecule has 0 radical (unpaired) electrons. The summed E-state index contributed by atoms with van der Waals surface area (Å²) >= 11 is 0. The predicted molar refractivity (Wildman–Crippen MR) is 89.1 cm³/mol. The SMILES string of the molecule is CCS(=O)(=O)c1ccc(C(=O)N[C@H]2CCc3ccccc32)cc1. The summed E-state index contributed by atoms with van der Waals surface area (Å²) in [4.78, 5) is 12.6. The van der Waals surface area contributed by atoms with E-state index < -0.39 is 9.84 Å². The van der Waals surface area contributed by atoms with Crippen LogP contribution in [0.15, 0.2) is 53.4 Å². The minimum absolute atomic E-state index is 0.0257. The molecule has 0 bridgehead atoms. The minimum Gasteiger partial charge on any atom is -0.345 e. The first-order valence-corrected chi connectivity index (χ1v) is 9.38. The van der Waals surface area contributed by atoms with E-state index in [4.69, 9.17) is 0 Å². The van der Waals surface area contributed by atoms with Crippen LogP contribution in [-0.2, 0) is 16.3 Å². The molecule has 1 amide bonds. The van der Waals surface area contributed by atoms with Crippen molar-refractivity contribution in [2.24, 2.45) is 0 Å². The van der Waals surface area contributed by atoms with Gasteiger partial charge in [-0.25, -0.2) is 8.42 Å². The Kier molecular flexibility index (Phi) is 4.22. The molecule has 2 aromatic carbocycles. The van der Waals surface area contributed by atoms with Gasteiger partial charge in [-0.1, -0.05) is 31.2 Å². The fourth-order valence-electron chi connectivity index (χ4n) is 2.93. The summed E-state index contributed by atoms with van der Waals surface area (Å²) < 4.78 is 23.6. The number of fused-ring (bicyclic) bond motifs is 1. The highest BCUT2D eigenvalue weighted by Crippen LogP contribution is 2.30. The van der Waals surface area contributed by atoms with E-state index in [0.29, 0.717) is 5.56 Å². The zero-order valence-corrected chi connectivity index (χ0v) is 13.8. The van der Waals surface area contributed by atoms with Gasteiger partial charge < -0.3 is 5.32 Å². The molecular formula is C18H19NO3S. The lowest BCUT2D eigenvalue weighted by atomic mass is 10.1. The van der Waals surface area contributed by atoms with Gasteiger partial charge in [0, 0.05) is 5.56 Å². The lowest BCUT2D eigenvalue weighted by Crippen LogP contribution is -2.27. The van der Waals surface area contributed by atoms with Crippen LogP contribution < -0.4 is 5.32 Å². The Morgan fingerprint density at radius 1 is 1.13 bits per heavy atom. The first-order chi connectivity index (χ1) is 11.0. The van der Waals surface area contributed by atoms with Crippen molar-refractivity contribution < 1.29 is 13.2 Å². The molecule has 1 atom stereocenters. The highest BCUT2D eigenvalue weighted by molar-refractivity contribution is 7.91. The maximum Gasteiger partial charge on any atom is 0.251 e. The number of carbonyl (C=O) groups excluding carboxylic acids is 1. The largest absolute Gasteiger partial charge is 0.345 e. The van der Waals surface area contributed by atoms with Crippen molar-refractivity contribution in [1.29, 1.82) is 0 Å². The van der Waals surface area contributed by atoms with E-state index in [9.17, 15) is 13.2 Å². The summed E-state index contributed by atoms with van der Waals surface area (Å²) in [5, 5.41) is 3.04. The first kappa shape index (κ1) is 15.7. The number of nitrogens with one attached hydrogen (secondary N) is 1. The molecule has 4 nitrogen and oxygen atoms in total. The average Bonchev–Trinajstić information content (AvgIpc) is 2.98. The van der Waals surface area contributed by atoms with Crippen molar-refractivity contribution >= 4 is 15.7 Å². The van der Waals surface area contributed by atoms with E-state index in [1.807, 2.05) is 18.2 Å². The summed E-state index contributed by atoms with van der Waals surface area (Å²) in [6, 6.07) is 14.3. The van der Waals surface area contributed by atoms with E-state index in [-0.39, 0.29) is 22.6 Å². The van der Waals surface area contributed by atoms with Crippen molar-refractivity contribution in [3.63, 3.8) is 0 Å². The summed E-state index contributed by atoms with van der Waals surface area (Å²) in [5.74, 6) is -0.121. The Morgan fingerprint density at radius 2 is 1.83 bits per heavy atom. The molecule has 120 valence electrons. The third-order valence-electron chi connectivity index (χ3n) is 4.29. The quantitative estimate of drug-likeness (QED) is 0.938. The number of sulfone groups is 1. The van der Waals surface area contributed by atoms with E-state index in [0.717, 1.165) is 12.8 Å². The van der Waals surface area contributed by atoms with Gasteiger partial charge in [-0.3, -0.25) is 4.79 Å². The van der Waals surface area contributed by atoms with Crippen molar-refractivity contribution in [2.75, 3.05) is 5.75 Å². The number of rotatable bonds is 4. The van der Waals surface area contributed by atoms with Crippen LogP contribution in [0.1, 0.15) is 40.9 Å². The van der Waals surface area contributed by atoms with Gasteiger partial charge in [-0.05, 0) is 48.2 Å². The molecule has 0 heterocycles. The topological polar surface area (TPSA) is 63.2 Å². The molecule has 0 fully saturated rings. The fourth-order valence-corrected chi connectivity index (χ4v) is 3.81. The van der Waals surface area contributed by atoms with Gasteiger partial charge in [0.05, 0.1) is 16.7 Å². The highest BCUT2D eigenvalue weighted by atomic mass is 32.2. The Labute approximate surface area is 136 Å². The van der Waals surface area contributed by atoms with Gasteiger partial charge in [0.25, 0.3) is 5.91 Å². The maximum absolute atomic E-state index is 12.4. The number of benzene rings is 2. The van der Waals surface area contributed by atoms with Gasteiger partial charge in [0.2, 0.25) is 0 Å². The number of carbonyl (C=O) groups is 1. The van der Waals surface area contributed by atoms with Gasteiger partial charge in [0.15, 0.2) is 9.84 Å². The van der Waals surface area contributed by atoms with E-state index in [1.54, 1.807) is 19.1 Å². The molecule has 0 aromatic heterocycles. The molecular weight excluding hydrogens is 310 g/mol. The Hall–Kier alpha value is -2.14. The molecule has 0 unspecified atom stereocenters. The summed E-state index contributed by atoms with van der Waals surface area (Å²) in [6.45, 7) is 1.60. The number of aryl methyl sites for hydroxylation is 1. The first-order valence-electron chi connectivity index (χ1n) is 7.73. The van der Waals surface area contributed by atoms with Crippen LogP contribution in [0.3, 0.4) is 0 Å². The van der Waals surface area contributed by atoms with Crippen molar-refractivity contribution in [2.45, 2.75) is 30.7 Å². The van der Waals surface area contributed by atoms with E-state index >= 15 is 0 Å². The molecule has 2 aromatic rings. The zero-order valence-electron chi connectivity index (χ0n) is 13.0. The number of amides is 1. The molecule has 5 heteroatoms. The van der Waals surface area contributed by atoms with Crippen molar-refractivity contribution in [1.82, 2.24) is 5.32 Å². The molecule has 3 rings (SSSR count). The lowest BCUT2D eigenvalue weighted by Gasteiger charge is -2.14.